The Morgan fingerprint density at radius 2 is 2.00 bits per heavy atom. The van der Waals surface area contributed by atoms with Crippen molar-refractivity contribution in [3.63, 3.8) is 0 Å². The van der Waals surface area contributed by atoms with Crippen molar-refractivity contribution in [1.82, 2.24) is 0 Å². The van der Waals surface area contributed by atoms with E-state index in [0.717, 1.165) is 10.6 Å². The molecule has 0 aromatic heterocycles. The topological polar surface area (TPSA) is 73.5 Å². The maximum absolute atomic E-state index is 9.99. The Morgan fingerprint density at radius 3 is 2.63 bits per heavy atom. The minimum atomic E-state index is -0.774. The van der Waals surface area contributed by atoms with Crippen LogP contribution in [0.2, 0.25) is 0 Å². The third-order valence-corrected chi connectivity index (χ3v) is 6.12. The monoisotopic (exact) mass is 295 g/mol. The molecule has 0 unspecified atom stereocenters. The standard InChI is InChI=1S/C13H13NO3S2/c14-5-7-1-3-8(4-2-7)19-13-12-11(16)10(15)9(17-13)6-18-12/h1-4,9-13,15-16H,6H2/t9-,10-,11+,12+,13+/m1/s1. The molecule has 0 spiro atoms. The molecule has 3 heterocycles. The molecule has 3 fully saturated rings. The summed E-state index contributed by atoms with van der Waals surface area (Å²) >= 11 is 3.18. The summed E-state index contributed by atoms with van der Waals surface area (Å²) in [5, 5.41) is 28.4. The van der Waals surface area contributed by atoms with Crippen LogP contribution >= 0.6 is 23.5 Å². The summed E-state index contributed by atoms with van der Waals surface area (Å²) in [4.78, 5) is 0.999. The SMILES string of the molecule is N#Cc1ccc(S[C@@H]2O[C@@H]3CS[C@H]2[C@@H](O)[C@@H]3O)cc1. The second kappa shape index (κ2) is 5.35. The van der Waals surface area contributed by atoms with E-state index in [9.17, 15) is 10.2 Å². The van der Waals surface area contributed by atoms with Crippen molar-refractivity contribution < 1.29 is 14.9 Å². The summed E-state index contributed by atoms with van der Waals surface area (Å²) in [6.07, 6.45) is -1.79. The van der Waals surface area contributed by atoms with E-state index in [2.05, 4.69) is 6.07 Å². The van der Waals surface area contributed by atoms with E-state index >= 15 is 0 Å². The van der Waals surface area contributed by atoms with Gasteiger partial charge in [0.05, 0.1) is 29.1 Å². The summed E-state index contributed by atoms with van der Waals surface area (Å²) < 4.78 is 5.80. The van der Waals surface area contributed by atoms with Crippen LogP contribution in [0.3, 0.4) is 0 Å². The Bertz CT molecular complexity index is 500. The molecule has 1 aromatic carbocycles. The van der Waals surface area contributed by atoms with E-state index < -0.39 is 12.2 Å². The van der Waals surface area contributed by atoms with Crippen LogP contribution in [0.5, 0.6) is 0 Å². The zero-order valence-electron chi connectivity index (χ0n) is 9.97. The first-order valence-electron chi connectivity index (χ1n) is 5.99. The van der Waals surface area contributed by atoms with E-state index in [0.29, 0.717) is 5.56 Å². The fraction of sp³-hybridized carbons (Fsp3) is 0.462. The van der Waals surface area contributed by atoms with E-state index in [1.807, 2.05) is 12.1 Å². The smallest absolute Gasteiger partial charge is 0.122 e. The Balaban J connectivity index is 1.72. The minimum absolute atomic E-state index is 0.111. The van der Waals surface area contributed by atoms with Crippen molar-refractivity contribution in [1.29, 1.82) is 5.26 Å². The molecule has 0 radical (unpaired) electrons. The maximum atomic E-state index is 9.99. The summed E-state index contributed by atoms with van der Waals surface area (Å²) in [6.45, 7) is 0. The van der Waals surface area contributed by atoms with Crippen molar-refractivity contribution in [3.05, 3.63) is 29.8 Å². The number of fused-ring (bicyclic) bond motifs is 3. The normalized spacial score (nSPS) is 37.0. The highest BCUT2D eigenvalue weighted by Gasteiger charge is 2.49. The lowest BCUT2D eigenvalue weighted by molar-refractivity contribution is -0.138. The van der Waals surface area contributed by atoms with Gasteiger partial charge in [0.15, 0.2) is 0 Å². The number of nitrogens with zero attached hydrogens (tertiary/aromatic N) is 1. The van der Waals surface area contributed by atoms with E-state index in [1.165, 1.54) is 11.8 Å². The fourth-order valence-corrected chi connectivity index (χ4v) is 4.99. The molecule has 5 atom stereocenters. The molecule has 0 aliphatic carbocycles. The van der Waals surface area contributed by atoms with Gasteiger partial charge in [0.25, 0.3) is 0 Å². The number of benzene rings is 1. The third-order valence-electron chi connectivity index (χ3n) is 3.33. The number of ether oxygens (including phenoxy) is 1. The molecule has 19 heavy (non-hydrogen) atoms. The van der Waals surface area contributed by atoms with E-state index in [-0.39, 0.29) is 16.8 Å². The van der Waals surface area contributed by atoms with Gasteiger partial charge in [0.2, 0.25) is 0 Å². The van der Waals surface area contributed by atoms with Crippen LogP contribution in [0.4, 0.5) is 0 Å². The van der Waals surface area contributed by atoms with Gasteiger partial charge in [-0.05, 0) is 24.3 Å². The van der Waals surface area contributed by atoms with Gasteiger partial charge in [-0.1, -0.05) is 11.8 Å². The second-order valence-electron chi connectivity index (χ2n) is 4.58. The van der Waals surface area contributed by atoms with Gasteiger partial charge in [-0.3, -0.25) is 0 Å². The lowest BCUT2D eigenvalue weighted by atomic mass is 10.0. The molecule has 100 valence electrons. The van der Waals surface area contributed by atoms with Gasteiger partial charge in [-0.15, -0.1) is 11.8 Å². The quantitative estimate of drug-likeness (QED) is 0.854. The number of nitriles is 1. The average Bonchev–Trinajstić information content (AvgIpc) is 2.45. The zero-order chi connectivity index (χ0) is 13.4. The van der Waals surface area contributed by atoms with Crippen molar-refractivity contribution in [2.24, 2.45) is 0 Å². The first-order valence-corrected chi connectivity index (χ1v) is 7.92. The van der Waals surface area contributed by atoms with Crippen LogP contribution in [-0.4, -0.2) is 45.0 Å². The van der Waals surface area contributed by atoms with Gasteiger partial charge >= 0.3 is 0 Å². The average molecular weight is 295 g/mol. The van der Waals surface area contributed by atoms with Gasteiger partial charge in [0, 0.05) is 10.6 Å². The lowest BCUT2D eigenvalue weighted by Gasteiger charge is -2.47. The fourth-order valence-electron chi connectivity index (χ4n) is 2.26. The molecule has 3 saturated heterocycles. The van der Waals surface area contributed by atoms with Crippen molar-refractivity contribution in [3.8, 4) is 6.07 Å². The van der Waals surface area contributed by atoms with E-state index in [4.69, 9.17) is 10.00 Å². The molecule has 2 N–H and O–H groups in total. The molecule has 3 aliphatic heterocycles. The molecule has 0 amide bonds. The van der Waals surface area contributed by atoms with Crippen LogP contribution < -0.4 is 0 Å². The molecule has 3 aliphatic rings. The Morgan fingerprint density at radius 1 is 1.26 bits per heavy atom. The Hall–Kier alpha value is -0.710. The first-order chi connectivity index (χ1) is 9.19. The molecule has 2 bridgehead atoms. The van der Waals surface area contributed by atoms with Crippen LogP contribution in [0.25, 0.3) is 0 Å². The number of hydrogen-bond acceptors (Lipinski definition) is 6. The molecule has 4 nitrogen and oxygen atoms in total. The minimum Gasteiger partial charge on any atom is -0.389 e. The van der Waals surface area contributed by atoms with Crippen molar-refractivity contribution in [2.75, 3.05) is 5.75 Å². The number of rotatable bonds is 2. The Labute approximate surface area is 119 Å². The number of hydrogen-bond donors (Lipinski definition) is 2. The Kier molecular flexibility index (Phi) is 3.74. The van der Waals surface area contributed by atoms with Gasteiger partial charge in [-0.2, -0.15) is 5.26 Å². The maximum Gasteiger partial charge on any atom is 0.122 e. The predicted molar refractivity (Wildman–Crippen MR) is 73.9 cm³/mol. The molecule has 0 saturated carbocycles. The summed E-state index contributed by atoms with van der Waals surface area (Å²) in [6, 6.07) is 9.37. The highest BCUT2D eigenvalue weighted by atomic mass is 32.2. The number of thioether (sulfide) groups is 2. The van der Waals surface area contributed by atoms with Crippen molar-refractivity contribution >= 4 is 23.5 Å². The molecule has 1 aromatic rings. The first kappa shape index (κ1) is 13.3. The number of aliphatic hydroxyl groups excluding tert-OH is 2. The lowest BCUT2D eigenvalue weighted by Crippen LogP contribution is -2.60. The van der Waals surface area contributed by atoms with Crippen LogP contribution in [0.15, 0.2) is 29.2 Å². The molecular weight excluding hydrogens is 282 g/mol. The highest BCUT2D eigenvalue weighted by molar-refractivity contribution is 8.03. The van der Waals surface area contributed by atoms with Gasteiger partial charge in [-0.25, -0.2) is 0 Å². The van der Waals surface area contributed by atoms with Crippen LogP contribution in [-0.2, 0) is 4.74 Å². The summed E-state index contributed by atoms with van der Waals surface area (Å²) in [5.41, 5.74) is 0.468. The highest BCUT2D eigenvalue weighted by Crippen LogP contribution is 2.44. The van der Waals surface area contributed by atoms with Crippen molar-refractivity contribution in [2.45, 2.75) is 33.9 Å². The summed E-state index contributed by atoms with van der Waals surface area (Å²) in [7, 11) is 0. The van der Waals surface area contributed by atoms with E-state index in [1.54, 1.807) is 23.9 Å². The van der Waals surface area contributed by atoms with Gasteiger partial charge < -0.3 is 14.9 Å². The predicted octanol–water partition coefficient (Wildman–Crippen LogP) is 1.21. The van der Waals surface area contributed by atoms with Crippen LogP contribution in [0, 0.1) is 11.3 Å². The molecule has 4 rings (SSSR count). The largest absolute Gasteiger partial charge is 0.389 e. The third kappa shape index (κ3) is 2.49. The second-order valence-corrected chi connectivity index (χ2v) is 6.96. The molecule has 6 heteroatoms. The van der Waals surface area contributed by atoms with Gasteiger partial charge in [0.1, 0.15) is 11.5 Å². The molecular formula is C13H13NO3S2. The summed E-state index contributed by atoms with van der Waals surface area (Å²) in [5.74, 6) is 0.729. The van der Waals surface area contributed by atoms with Crippen LogP contribution in [0.1, 0.15) is 5.56 Å². The number of aliphatic hydroxyl groups is 2. The zero-order valence-corrected chi connectivity index (χ0v) is 11.6.